The number of amides is 1. The summed E-state index contributed by atoms with van der Waals surface area (Å²) < 4.78 is 13.5. The van der Waals surface area contributed by atoms with Gasteiger partial charge >= 0.3 is 0 Å². The summed E-state index contributed by atoms with van der Waals surface area (Å²) in [7, 11) is 0. The average molecular weight is 285 g/mol. The van der Waals surface area contributed by atoms with Crippen LogP contribution in [0, 0.1) is 12.7 Å². The second kappa shape index (κ2) is 7.02. The van der Waals surface area contributed by atoms with E-state index in [2.05, 4.69) is 5.32 Å². The summed E-state index contributed by atoms with van der Waals surface area (Å²) in [6.07, 6.45) is 0.734. The molecule has 110 valence electrons. The molecular formula is C18H20FNO. The number of aryl methyl sites for hydroxylation is 1. The zero-order valence-electron chi connectivity index (χ0n) is 12.4. The van der Waals surface area contributed by atoms with Gasteiger partial charge in [-0.2, -0.15) is 0 Å². The highest BCUT2D eigenvalue weighted by atomic mass is 19.1. The molecule has 2 aromatic carbocycles. The van der Waals surface area contributed by atoms with Gasteiger partial charge in [0.15, 0.2) is 0 Å². The van der Waals surface area contributed by atoms with Crippen LogP contribution in [0.1, 0.15) is 36.0 Å². The minimum absolute atomic E-state index is 0.0234. The summed E-state index contributed by atoms with van der Waals surface area (Å²) in [6, 6.07) is 14.7. The Balaban J connectivity index is 2.01. The number of hydrogen-bond donors (Lipinski definition) is 1. The van der Waals surface area contributed by atoms with Gasteiger partial charge in [0.05, 0.1) is 5.92 Å². The molecule has 0 saturated heterocycles. The van der Waals surface area contributed by atoms with Crippen LogP contribution in [-0.2, 0) is 11.3 Å². The van der Waals surface area contributed by atoms with Gasteiger partial charge in [-0.25, -0.2) is 4.39 Å². The molecule has 3 heteroatoms. The van der Waals surface area contributed by atoms with Crippen LogP contribution in [0.4, 0.5) is 4.39 Å². The first-order valence-corrected chi connectivity index (χ1v) is 7.19. The molecule has 0 aliphatic carbocycles. The summed E-state index contributed by atoms with van der Waals surface area (Å²) in [5, 5.41) is 2.89. The normalized spacial score (nSPS) is 12.0. The van der Waals surface area contributed by atoms with Crippen LogP contribution in [0.25, 0.3) is 0 Å². The van der Waals surface area contributed by atoms with Crippen LogP contribution in [0.2, 0.25) is 0 Å². The molecule has 0 radical (unpaired) electrons. The molecule has 2 rings (SSSR count). The molecule has 0 aliphatic rings. The lowest BCUT2D eigenvalue weighted by Gasteiger charge is -2.15. The maximum atomic E-state index is 13.5. The topological polar surface area (TPSA) is 29.1 Å². The molecular weight excluding hydrogens is 265 g/mol. The van der Waals surface area contributed by atoms with Crippen molar-refractivity contribution in [3.05, 3.63) is 71.0 Å². The second-order valence-corrected chi connectivity index (χ2v) is 5.17. The van der Waals surface area contributed by atoms with E-state index in [1.165, 1.54) is 6.07 Å². The first-order valence-electron chi connectivity index (χ1n) is 7.19. The zero-order valence-corrected chi connectivity index (χ0v) is 12.4. The fourth-order valence-electron chi connectivity index (χ4n) is 2.32. The van der Waals surface area contributed by atoms with Gasteiger partial charge in [0, 0.05) is 6.54 Å². The minimum Gasteiger partial charge on any atom is -0.351 e. The van der Waals surface area contributed by atoms with Gasteiger partial charge in [-0.1, -0.05) is 49.4 Å². The predicted octanol–water partition coefficient (Wildman–Crippen LogP) is 3.94. The second-order valence-electron chi connectivity index (χ2n) is 5.17. The van der Waals surface area contributed by atoms with E-state index in [1.54, 1.807) is 13.0 Å². The van der Waals surface area contributed by atoms with Crippen molar-refractivity contribution >= 4 is 5.91 Å². The molecule has 0 aromatic heterocycles. The first-order chi connectivity index (χ1) is 10.1. The van der Waals surface area contributed by atoms with Gasteiger partial charge in [-0.05, 0) is 36.1 Å². The molecule has 1 N–H and O–H groups in total. The number of halogens is 1. The van der Waals surface area contributed by atoms with Crippen LogP contribution in [0.5, 0.6) is 0 Å². The van der Waals surface area contributed by atoms with Crippen LogP contribution in [0.15, 0.2) is 48.5 Å². The van der Waals surface area contributed by atoms with E-state index in [4.69, 9.17) is 0 Å². The lowest BCUT2D eigenvalue weighted by molar-refractivity contribution is -0.122. The largest absolute Gasteiger partial charge is 0.351 e. The van der Waals surface area contributed by atoms with Crippen LogP contribution >= 0.6 is 0 Å². The van der Waals surface area contributed by atoms with E-state index in [0.717, 1.165) is 17.5 Å². The third-order valence-corrected chi connectivity index (χ3v) is 3.63. The predicted molar refractivity (Wildman–Crippen MR) is 82.5 cm³/mol. The van der Waals surface area contributed by atoms with Crippen molar-refractivity contribution in [2.45, 2.75) is 32.7 Å². The Morgan fingerprint density at radius 3 is 2.52 bits per heavy atom. The highest BCUT2D eigenvalue weighted by molar-refractivity contribution is 5.83. The lowest BCUT2D eigenvalue weighted by Crippen LogP contribution is -2.28. The highest BCUT2D eigenvalue weighted by Crippen LogP contribution is 2.19. The summed E-state index contributed by atoms with van der Waals surface area (Å²) in [6.45, 7) is 4.06. The Kier molecular flexibility index (Phi) is 5.09. The fraction of sp³-hybridized carbons (Fsp3) is 0.278. The molecule has 0 fully saturated rings. The lowest BCUT2D eigenvalue weighted by atomic mass is 9.95. The third-order valence-electron chi connectivity index (χ3n) is 3.63. The van der Waals surface area contributed by atoms with Crippen molar-refractivity contribution in [3.63, 3.8) is 0 Å². The zero-order chi connectivity index (χ0) is 15.2. The van der Waals surface area contributed by atoms with Crippen LogP contribution in [0.3, 0.4) is 0 Å². The number of nitrogens with one attached hydrogen (secondary N) is 1. The molecule has 21 heavy (non-hydrogen) atoms. The molecule has 0 heterocycles. The first kappa shape index (κ1) is 15.2. The standard InChI is InChI=1S/C18H20FNO/c1-3-16(15-7-5-4-6-8-15)18(21)20-12-14-10-9-13(2)17(19)11-14/h4-11,16H,3,12H2,1-2H3,(H,20,21). The highest BCUT2D eigenvalue weighted by Gasteiger charge is 2.17. The number of hydrogen-bond acceptors (Lipinski definition) is 1. The quantitative estimate of drug-likeness (QED) is 0.885. The van der Waals surface area contributed by atoms with Gasteiger partial charge in [0.2, 0.25) is 5.91 Å². The van der Waals surface area contributed by atoms with Crippen molar-refractivity contribution < 1.29 is 9.18 Å². The van der Waals surface area contributed by atoms with Crippen molar-refractivity contribution in [3.8, 4) is 0 Å². The van der Waals surface area contributed by atoms with Crippen molar-refractivity contribution in [1.82, 2.24) is 5.32 Å². The smallest absolute Gasteiger partial charge is 0.227 e. The Hall–Kier alpha value is -2.16. The van der Waals surface area contributed by atoms with E-state index in [-0.39, 0.29) is 17.6 Å². The molecule has 2 aromatic rings. The van der Waals surface area contributed by atoms with Crippen molar-refractivity contribution in [2.75, 3.05) is 0 Å². The SMILES string of the molecule is CCC(C(=O)NCc1ccc(C)c(F)c1)c1ccccc1. The molecule has 1 unspecified atom stereocenters. The third kappa shape index (κ3) is 3.91. The maximum absolute atomic E-state index is 13.5. The van der Waals surface area contributed by atoms with Gasteiger partial charge in [-0.15, -0.1) is 0 Å². The van der Waals surface area contributed by atoms with E-state index in [9.17, 15) is 9.18 Å². The van der Waals surface area contributed by atoms with Crippen molar-refractivity contribution in [1.29, 1.82) is 0 Å². The monoisotopic (exact) mass is 285 g/mol. The number of carbonyl (C=O) groups is 1. The fourth-order valence-corrected chi connectivity index (χ4v) is 2.32. The number of rotatable bonds is 5. The van der Waals surface area contributed by atoms with E-state index in [1.807, 2.05) is 43.3 Å². The Morgan fingerprint density at radius 2 is 1.90 bits per heavy atom. The number of carbonyl (C=O) groups excluding carboxylic acids is 1. The molecule has 0 aliphatic heterocycles. The van der Waals surface area contributed by atoms with Gasteiger partial charge < -0.3 is 5.32 Å². The van der Waals surface area contributed by atoms with Gasteiger partial charge in [-0.3, -0.25) is 4.79 Å². The number of benzene rings is 2. The Morgan fingerprint density at radius 1 is 1.19 bits per heavy atom. The summed E-state index contributed by atoms with van der Waals surface area (Å²) in [5.41, 5.74) is 2.39. The maximum Gasteiger partial charge on any atom is 0.227 e. The van der Waals surface area contributed by atoms with Crippen LogP contribution < -0.4 is 5.32 Å². The summed E-state index contributed by atoms with van der Waals surface area (Å²) in [4.78, 5) is 12.3. The Labute approximate surface area is 125 Å². The molecule has 1 atom stereocenters. The summed E-state index contributed by atoms with van der Waals surface area (Å²) >= 11 is 0. The summed E-state index contributed by atoms with van der Waals surface area (Å²) in [5.74, 6) is -0.428. The molecule has 1 amide bonds. The van der Waals surface area contributed by atoms with E-state index >= 15 is 0 Å². The van der Waals surface area contributed by atoms with Crippen molar-refractivity contribution in [2.24, 2.45) is 0 Å². The van der Waals surface area contributed by atoms with E-state index < -0.39 is 0 Å². The van der Waals surface area contributed by atoms with Gasteiger partial charge in [0.25, 0.3) is 0 Å². The molecule has 2 nitrogen and oxygen atoms in total. The van der Waals surface area contributed by atoms with Crippen LogP contribution in [-0.4, -0.2) is 5.91 Å². The van der Waals surface area contributed by atoms with E-state index in [0.29, 0.717) is 12.1 Å². The molecule has 0 saturated carbocycles. The molecule has 0 spiro atoms. The molecule has 0 bridgehead atoms. The minimum atomic E-state index is -0.239. The average Bonchev–Trinajstić information content (AvgIpc) is 2.50. The Bertz CT molecular complexity index is 610. The van der Waals surface area contributed by atoms with Gasteiger partial charge in [0.1, 0.15) is 5.82 Å².